The third-order valence-corrected chi connectivity index (χ3v) is 3.48. The number of ether oxygens (including phenoxy) is 1. The van der Waals surface area contributed by atoms with Crippen LogP contribution in [0, 0.1) is 11.6 Å². The Morgan fingerprint density at radius 2 is 1.50 bits per heavy atom. The van der Waals surface area contributed by atoms with Crippen LogP contribution in [0.3, 0.4) is 0 Å². The van der Waals surface area contributed by atoms with E-state index in [1.54, 1.807) is 31.4 Å². The molecule has 4 nitrogen and oxygen atoms in total. The first-order chi connectivity index (χ1) is 11.6. The predicted octanol–water partition coefficient (Wildman–Crippen LogP) is 2.41. The molecule has 128 valence electrons. The van der Waals surface area contributed by atoms with E-state index < -0.39 is 6.04 Å². The van der Waals surface area contributed by atoms with Crippen LogP contribution >= 0.6 is 0 Å². The summed E-state index contributed by atoms with van der Waals surface area (Å²) in [6.07, 6.45) is 0. The monoisotopic (exact) mass is 334 g/mol. The Bertz CT molecular complexity index is 600. The fraction of sp³-hybridized carbons (Fsp3) is 0.278. The molecule has 1 amide bonds. The van der Waals surface area contributed by atoms with Gasteiger partial charge in [-0.2, -0.15) is 0 Å². The van der Waals surface area contributed by atoms with Crippen molar-refractivity contribution in [2.75, 3.05) is 26.8 Å². The third kappa shape index (κ3) is 5.40. The lowest BCUT2D eigenvalue weighted by molar-refractivity contribution is -0.120. The molecule has 0 atom stereocenters. The molecule has 0 radical (unpaired) electrons. The van der Waals surface area contributed by atoms with Crippen molar-refractivity contribution < 1.29 is 18.3 Å². The van der Waals surface area contributed by atoms with Crippen LogP contribution < -0.4 is 10.6 Å². The second-order valence-corrected chi connectivity index (χ2v) is 5.27. The number of hydrogen-bond donors (Lipinski definition) is 2. The number of hydrogen-bond acceptors (Lipinski definition) is 3. The molecule has 0 saturated heterocycles. The largest absolute Gasteiger partial charge is 0.383 e. The highest BCUT2D eigenvalue weighted by Gasteiger charge is 2.17. The van der Waals surface area contributed by atoms with Crippen molar-refractivity contribution >= 4 is 5.91 Å². The van der Waals surface area contributed by atoms with Crippen LogP contribution in [-0.2, 0) is 9.53 Å². The summed E-state index contributed by atoms with van der Waals surface area (Å²) in [7, 11) is 1.58. The summed E-state index contributed by atoms with van der Waals surface area (Å²) >= 11 is 0. The van der Waals surface area contributed by atoms with E-state index in [2.05, 4.69) is 10.6 Å². The Hall–Kier alpha value is -2.31. The lowest BCUT2D eigenvalue weighted by Gasteiger charge is -2.20. The number of nitrogens with one attached hydrogen (secondary N) is 2. The zero-order chi connectivity index (χ0) is 17.4. The van der Waals surface area contributed by atoms with Gasteiger partial charge in [0.25, 0.3) is 0 Å². The molecule has 0 saturated carbocycles. The number of halogens is 2. The number of carbonyl (C=O) groups is 1. The van der Waals surface area contributed by atoms with Crippen molar-refractivity contribution in [2.24, 2.45) is 0 Å². The van der Waals surface area contributed by atoms with Crippen molar-refractivity contribution in [3.8, 4) is 0 Å². The minimum Gasteiger partial charge on any atom is -0.383 e. The molecule has 2 rings (SSSR count). The summed E-state index contributed by atoms with van der Waals surface area (Å²) in [5.74, 6) is -0.932. The number of carbonyl (C=O) groups excluding carboxylic acids is 1. The zero-order valence-corrected chi connectivity index (χ0v) is 13.4. The maximum atomic E-state index is 13.1. The van der Waals surface area contributed by atoms with Gasteiger partial charge in [-0.3, -0.25) is 4.79 Å². The standard InChI is InChI=1S/C18H20F2N2O2/c1-24-11-10-21-12-17(23)22-18(13-2-6-15(19)7-3-13)14-4-8-16(20)9-5-14/h2-9,18,21H,10-12H2,1H3,(H,22,23). The van der Waals surface area contributed by atoms with E-state index >= 15 is 0 Å². The van der Waals surface area contributed by atoms with Crippen molar-refractivity contribution in [1.82, 2.24) is 10.6 Å². The van der Waals surface area contributed by atoms with E-state index in [0.717, 1.165) is 0 Å². The molecule has 0 unspecified atom stereocenters. The van der Waals surface area contributed by atoms with Crippen molar-refractivity contribution in [2.45, 2.75) is 6.04 Å². The van der Waals surface area contributed by atoms with Gasteiger partial charge >= 0.3 is 0 Å². The third-order valence-electron chi connectivity index (χ3n) is 3.48. The minimum atomic E-state index is -0.483. The Balaban J connectivity index is 2.12. The van der Waals surface area contributed by atoms with Crippen LogP contribution in [-0.4, -0.2) is 32.7 Å². The molecule has 0 spiro atoms. The molecule has 0 aliphatic rings. The van der Waals surface area contributed by atoms with Gasteiger partial charge in [0.2, 0.25) is 5.91 Å². The lowest BCUT2D eigenvalue weighted by Crippen LogP contribution is -2.37. The van der Waals surface area contributed by atoms with Crippen molar-refractivity contribution in [3.63, 3.8) is 0 Å². The summed E-state index contributed by atoms with van der Waals surface area (Å²) in [6.45, 7) is 1.19. The molecule has 0 bridgehead atoms. The average Bonchev–Trinajstić information content (AvgIpc) is 2.58. The maximum absolute atomic E-state index is 13.1. The second-order valence-electron chi connectivity index (χ2n) is 5.27. The molecule has 0 fully saturated rings. The molecule has 2 aromatic carbocycles. The molecule has 0 aliphatic heterocycles. The van der Waals surface area contributed by atoms with Gasteiger partial charge in [0.1, 0.15) is 11.6 Å². The van der Waals surface area contributed by atoms with Gasteiger partial charge < -0.3 is 15.4 Å². The molecular formula is C18H20F2N2O2. The highest BCUT2D eigenvalue weighted by molar-refractivity contribution is 5.79. The van der Waals surface area contributed by atoms with Gasteiger partial charge in [-0.25, -0.2) is 8.78 Å². The van der Waals surface area contributed by atoms with Crippen LogP contribution in [0.2, 0.25) is 0 Å². The minimum absolute atomic E-state index is 0.127. The van der Waals surface area contributed by atoms with Crippen LogP contribution in [0.4, 0.5) is 8.78 Å². The van der Waals surface area contributed by atoms with Crippen molar-refractivity contribution in [1.29, 1.82) is 0 Å². The highest BCUT2D eigenvalue weighted by atomic mass is 19.1. The molecule has 0 heterocycles. The highest BCUT2D eigenvalue weighted by Crippen LogP contribution is 2.22. The normalized spacial score (nSPS) is 10.8. The second kappa shape index (κ2) is 9.10. The lowest BCUT2D eigenvalue weighted by atomic mass is 9.98. The van der Waals surface area contributed by atoms with Crippen molar-refractivity contribution in [3.05, 3.63) is 71.3 Å². The summed E-state index contributed by atoms with van der Waals surface area (Å²) in [5.41, 5.74) is 1.43. The molecule has 0 aliphatic carbocycles. The van der Waals surface area contributed by atoms with E-state index in [4.69, 9.17) is 4.74 Å². The zero-order valence-electron chi connectivity index (χ0n) is 13.4. The number of amides is 1. The summed E-state index contributed by atoms with van der Waals surface area (Å²) in [4.78, 5) is 12.1. The van der Waals surface area contributed by atoms with Crippen LogP contribution in [0.1, 0.15) is 17.2 Å². The average molecular weight is 334 g/mol. The Kier molecular flexibility index (Phi) is 6.84. The fourth-order valence-electron chi connectivity index (χ4n) is 2.26. The predicted molar refractivity (Wildman–Crippen MR) is 87.5 cm³/mol. The molecule has 2 aromatic rings. The quantitative estimate of drug-likeness (QED) is 0.729. The topological polar surface area (TPSA) is 50.4 Å². The Morgan fingerprint density at radius 3 is 1.96 bits per heavy atom. The first-order valence-corrected chi connectivity index (χ1v) is 7.60. The van der Waals surface area contributed by atoms with E-state index in [1.807, 2.05) is 0 Å². The van der Waals surface area contributed by atoms with Gasteiger partial charge in [0, 0.05) is 13.7 Å². The molecular weight excluding hydrogens is 314 g/mol. The van der Waals surface area contributed by atoms with Crippen LogP contribution in [0.15, 0.2) is 48.5 Å². The first kappa shape index (κ1) is 18.0. The van der Waals surface area contributed by atoms with E-state index in [0.29, 0.717) is 24.3 Å². The van der Waals surface area contributed by atoms with Gasteiger partial charge in [0.05, 0.1) is 19.2 Å². The molecule has 24 heavy (non-hydrogen) atoms. The van der Waals surface area contributed by atoms with E-state index in [1.165, 1.54) is 24.3 Å². The number of methoxy groups -OCH3 is 1. The molecule has 6 heteroatoms. The molecule has 2 N–H and O–H groups in total. The number of benzene rings is 2. The van der Waals surface area contributed by atoms with Gasteiger partial charge in [-0.15, -0.1) is 0 Å². The maximum Gasteiger partial charge on any atom is 0.234 e. The summed E-state index contributed by atoms with van der Waals surface area (Å²) < 4.78 is 31.2. The smallest absolute Gasteiger partial charge is 0.234 e. The van der Waals surface area contributed by atoms with Gasteiger partial charge in [-0.05, 0) is 35.4 Å². The van der Waals surface area contributed by atoms with Crippen LogP contribution in [0.25, 0.3) is 0 Å². The van der Waals surface area contributed by atoms with E-state index in [9.17, 15) is 13.6 Å². The SMILES string of the molecule is COCCNCC(=O)NC(c1ccc(F)cc1)c1ccc(F)cc1. The van der Waals surface area contributed by atoms with Gasteiger partial charge in [-0.1, -0.05) is 24.3 Å². The van der Waals surface area contributed by atoms with Crippen LogP contribution in [0.5, 0.6) is 0 Å². The van der Waals surface area contributed by atoms with E-state index in [-0.39, 0.29) is 24.1 Å². The molecule has 0 aromatic heterocycles. The first-order valence-electron chi connectivity index (χ1n) is 7.60. The fourth-order valence-corrected chi connectivity index (χ4v) is 2.26. The number of rotatable bonds is 8. The van der Waals surface area contributed by atoms with Gasteiger partial charge in [0.15, 0.2) is 0 Å². The Labute approximate surface area is 139 Å². The summed E-state index contributed by atoms with van der Waals surface area (Å²) in [5, 5.41) is 5.83. The Morgan fingerprint density at radius 1 is 1.00 bits per heavy atom. The summed E-state index contributed by atoms with van der Waals surface area (Å²) in [6, 6.07) is 11.2.